The summed E-state index contributed by atoms with van der Waals surface area (Å²) in [5.74, 6) is 0.724. The topological polar surface area (TPSA) is 41.9 Å². The smallest absolute Gasteiger partial charge is 0.266 e. The maximum atomic E-state index is 13.0. The van der Waals surface area contributed by atoms with Gasteiger partial charge in [-0.1, -0.05) is 60.1 Å². The number of ether oxygens (including phenoxy) is 1. The molecule has 0 unspecified atom stereocenters. The molecule has 1 aliphatic heterocycles. The molecule has 0 N–H and O–H groups in total. The minimum atomic E-state index is -0.0217. The number of hydrogen-bond donors (Lipinski definition) is 0. The highest BCUT2D eigenvalue weighted by Gasteiger charge is 2.32. The van der Waals surface area contributed by atoms with Crippen molar-refractivity contribution < 1.29 is 9.53 Å². The molecule has 168 valence electrons. The van der Waals surface area contributed by atoms with Crippen molar-refractivity contribution in [3.8, 4) is 5.75 Å². The van der Waals surface area contributed by atoms with Gasteiger partial charge in [-0.15, -0.1) is 0 Å². The molecule has 1 aliphatic rings. The molecule has 3 aromatic carbocycles. The van der Waals surface area contributed by atoms with Crippen molar-refractivity contribution in [2.75, 3.05) is 6.54 Å². The Morgan fingerprint density at radius 2 is 1.70 bits per heavy atom. The molecule has 0 bridgehead atoms. The number of benzene rings is 3. The molecule has 0 aliphatic carbocycles. The summed E-state index contributed by atoms with van der Waals surface area (Å²) in [5, 5.41) is 1.40. The zero-order chi connectivity index (χ0) is 23.4. The van der Waals surface area contributed by atoms with E-state index in [2.05, 4.69) is 0 Å². The average Bonchev–Trinajstić information content (AvgIpc) is 3.10. The van der Waals surface area contributed by atoms with Gasteiger partial charge in [-0.2, -0.15) is 0 Å². The van der Waals surface area contributed by atoms with Gasteiger partial charge in [0, 0.05) is 17.1 Å². The molecule has 3 aromatic rings. The summed E-state index contributed by atoms with van der Waals surface area (Å²) in [6.45, 7) is 7.01. The fourth-order valence-corrected chi connectivity index (χ4v) is 4.77. The molecule has 0 aromatic heterocycles. The second-order valence-electron chi connectivity index (χ2n) is 7.74. The van der Waals surface area contributed by atoms with Crippen LogP contribution in [0.15, 0.2) is 76.6 Å². The van der Waals surface area contributed by atoms with Crippen molar-refractivity contribution in [3.63, 3.8) is 0 Å². The Kier molecular flexibility index (Phi) is 7.21. The second kappa shape index (κ2) is 10.3. The minimum absolute atomic E-state index is 0.0217. The lowest BCUT2D eigenvalue weighted by molar-refractivity contribution is -0.122. The number of nitrogens with zero attached hydrogens (tertiary/aromatic N) is 2. The first-order chi connectivity index (χ1) is 16.0. The van der Waals surface area contributed by atoms with E-state index < -0.39 is 0 Å². The largest absolute Gasteiger partial charge is 0.489 e. The van der Waals surface area contributed by atoms with Crippen LogP contribution in [0.1, 0.15) is 29.2 Å². The third kappa shape index (κ3) is 5.32. The van der Waals surface area contributed by atoms with Gasteiger partial charge in [-0.25, -0.2) is 4.99 Å². The van der Waals surface area contributed by atoms with E-state index in [0.717, 1.165) is 33.7 Å². The van der Waals surface area contributed by atoms with E-state index in [4.69, 9.17) is 21.3 Å². The molecular weight excluding hydrogens is 452 g/mol. The molecule has 1 fully saturated rings. The highest BCUT2D eigenvalue weighted by molar-refractivity contribution is 8.18. The van der Waals surface area contributed by atoms with Crippen molar-refractivity contribution >= 4 is 46.2 Å². The Balaban J connectivity index is 1.51. The number of aliphatic imine (C=N–C) groups is 1. The van der Waals surface area contributed by atoms with Crippen molar-refractivity contribution in [1.29, 1.82) is 0 Å². The Morgan fingerprint density at radius 1 is 1.00 bits per heavy atom. The SMILES string of the molecule is CCN1C(=O)/C(=C\c2ccc(OCc3ccccc3Cl)cc2)SC1=Nc1c(C)cccc1C. The summed E-state index contributed by atoms with van der Waals surface area (Å²) < 4.78 is 5.85. The molecule has 1 heterocycles. The van der Waals surface area contributed by atoms with E-state index in [-0.39, 0.29) is 5.91 Å². The quantitative estimate of drug-likeness (QED) is 0.354. The van der Waals surface area contributed by atoms with Crippen LogP contribution < -0.4 is 4.74 Å². The maximum Gasteiger partial charge on any atom is 0.266 e. The third-order valence-electron chi connectivity index (χ3n) is 5.38. The van der Waals surface area contributed by atoms with Crippen LogP contribution in [0.4, 0.5) is 5.69 Å². The number of halogens is 1. The Hall–Kier alpha value is -3.02. The van der Waals surface area contributed by atoms with Gasteiger partial charge in [0.25, 0.3) is 5.91 Å². The normalized spacial score (nSPS) is 16.1. The summed E-state index contributed by atoms with van der Waals surface area (Å²) in [4.78, 5) is 20.2. The van der Waals surface area contributed by atoms with E-state index in [0.29, 0.717) is 28.2 Å². The average molecular weight is 477 g/mol. The van der Waals surface area contributed by atoms with Crippen molar-refractivity contribution in [2.24, 2.45) is 4.99 Å². The van der Waals surface area contributed by atoms with Gasteiger partial charge >= 0.3 is 0 Å². The lowest BCUT2D eigenvalue weighted by Crippen LogP contribution is -2.28. The van der Waals surface area contributed by atoms with Crippen molar-refractivity contribution in [2.45, 2.75) is 27.4 Å². The van der Waals surface area contributed by atoms with Crippen LogP contribution >= 0.6 is 23.4 Å². The number of para-hydroxylation sites is 1. The van der Waals surface area contributed by atoms with E-state index in [1.165, 1.54) is 11.8 Å². The fourth-order valence-electron chi connectivity index (χ4n) is 3.54. The summed E-state index contributed by atoms with van der Waals surface area (Å²) in [7, 11) is 0. The standard InChI is InChI=1S/C27H25ClN2O2S/c1-4-30-26(31)24(33-27(30)29-25-18(2)8-7-9-19(25)3)16-20-12-14-22(15-13-20)32-17-21-10-5-6-11-23(21)28/h5-16H,4,17H2,1-3H3/b24-16+,29-27?. The number of hydrogen-bond acceptors (Lipinski definition) is 4. The van der Waals surface area contributed by atoms with Crippen molar-refractivity contribution in [1.82, 2.24) is 4.90 Å². The summed E-state index contributed by atoms with van der Waals surface area (Å²) in [6.07, 6.45) is 1.90. The number of carbonyl (C=O) groups is 1. The first kappa shape index (κ1) is 23.1. The Morgan fingerprint density at radius 3 is 2.36 bits per heavy atom. The summed E-state index contributed by atoms with van der Waals surface area (Å²) in [5.41, 5.74) is 4.98. The zero-order valence-corrected chi connectivity index (χ0v) is 20.4. The first-order valence-electron chi connectivity index (χ1n) is 10.8. The van der Waals surface area contributed by atoms with Crippen LogP contribution in [0.25, 0.3) is 6.08 Å². The lowest BCUT2D eigenvalue weighted by Gasteiger charge is -2.13. The van der Waals surface area contributed by atoms with Gasteiger partial charge in [0.2, 0.25) is 0 Å². The summed E-state index contributed by atoms with van der Waals surface area (Å²) in [6, 6.07) is 21.4. The van der Waals surface area contributed by atoms with E-state index in [1.54, 1.807) is 4.90 Å². The fraction of sp³-hybridized carbons (Fsp3) is 0.185. The van der Waals surface area contributed by atoms with Gasteiger partial charge in [-0.3, -0.25) is 9.69 Å². The minimum Gasteiger partial charge on any atom is -0.489 e. The Labute approximate surface area is 203 Å². The van der Waals surface area contributed by atoms with Gasteiger partial charge < -0.3 is 4.74 Å². The molecule has 0 radical (unpaired) electrons. The van der Waals surface area contributed by atoms with E-state index in [9.17, 15) is 4.79 Å². The predicted molar refractivity (Wildman–Crippen MR) is 138 cm³/mol. The van der Waals surface area contributed by atoms with Gasteiger partial charge in [0.05, 0.1) is 10.6 Å². The van der Waals surface area contributed by atoms with Crippen LogP contribution in [0.5, 0.6) is 5.75 Å². The monoisotopic (exact) mass is 476 g/mol. The predicted octanol–water partition coefficient (Wildman–Crippen LogP) is 7.16. The van der Waals surface area contributed by atoms with Crippen LogP contribution in [0.2, 0.25) is 5.02 Å². The number of carbonyl (C=O) groups excluding carboxylic acids is 1. The van der Waals surface area contributed by atoms with Crippen LogP contribution in [-0.4, -0.2) is 22.5 Å². The molecular formula is C27H25ClN2O2S. The Bertz CT molecular complexity index is 1210. The molecule has 0 saturated carbocycles. The molecule has 1 amide bonds. The number of rotatable bonds is 6. The number of likely N-dealkylation sites (N-methyl/N-ethyl adjacent to an activating group) is 1. The summed E-state index contributed by atoms with van der Waals surface area (Å²) >= 11 is 7.61. The molecule has 1 saturated heterocycles. The van der Waals surface area contributed by atoms with Crippen molar-refractivity contribution in [3.05, 3.63) is 98.9 Å². The first-order valence-corrected chi connectivity index (χ1v) is 12.0. The highest BCUT2D eigenvalue weighted by atomic mass is 35.5. The zero-order valence-electron chi connectivity index (χ0n) is 18.8. The van der Waals surface area contributed by atoms with Gasteiger partial charge in [0.1, 0.15) is 12.4 Å². The second-order valence-corrected chi connectivity index (χ2v) is 9.16. The van der Waals surface area contributed by atoms with Gasteiger partial charge in [-0.05, 0) is 73.5 Å². The molecule has 33 heavy (non-hydrogen) atoms. The number of thioether (sulfide) groups is 1. The lowest BCUT2D eigenvalue weighted by atomic mass is 10.1. The molecule has 0 spiro atoms. The third-order valence-corrected chi connectivity index (χ3v) is 6.76. The number of amides is 1. The molecule has 0 atom stereocenters. The van der Waals surface area contributed by atoms with Crippen LogP contribution in [-0.2, 0) is 11.4 Å². The van der Waals surface area contributed by atoms with Gasteiger partial charge in [0.15, 0.2) is 5.17 Å². The molecule has 6 heteroatoms. The molecule has 4 nitrogen and oxygen atoms in total. The number of amidine groups is 1. The van der Waals surface area contributed by atoms with E-state index >= 15 is 0 Å². The van der Waals surface area contributed by atoms with Crippen LogP contribution in [0.3, 0.4) is 0 Å². The van der Waals surface area contributed by atoms with E-state index in [1.807, 2.05) is 93.6 Å². The highest BCUT2D eigenvalue weighted by Crippen LogP contribution is 2.35. The maximum absolute atomic E-state index is 13.0. The molecule has 4 rings (SSSR count). The number of aryl methyl sites for hydroxylation is 2. The van der Waals surface area contributed by atoms with Crippen LogP contribution in [0, 0.1) is 13.8 Å².